The molecule has 6 heteroatoms. The van der Waals surface area contributed by atoms with E-state index in [1.54, 1.807) is 31.2 Å². The van der Waals surface area contributed by atoms with Crippen LogP contribution in [0.4, 0.5) is 5.69 Å². The highest BCUT2D eigenvalue weighted by atomic mass is 35.5. The SMILES string of the molecule is COC(=O)C1=C(C)N(c2ccc(C(C)C)cc2)C(=O)/C1=C\c1c(Cl)cccc1Cl. The van der Waals surface area contributed by atoms with Gasteiger partial charge < -0.3 is 4.74 Å². The van der Waals surface area contributed by atoms with Crippen LogP contribution in [0.25, 0.3) is 6.08 Å². The Balaban J connectivity index is 2.14. The van der Waals surface area contributed by atoms with Crippen LogP contribution < -0.4 is 4.90 Å². The van der Waals surface area contributed by atoms with Gasteiger partial charge >= 0.3 is 5.97 Å². The monoisotopic (exact) mass is 429 g/mol. The van der Waals surface area contributed by atoms with Crippen LogP contribution in [0.15, 0.2) is 59.3 Å². The lowest BCUT2D eigenvalue weighted by molar-refractivity contribution is -0.136. The molecule has 0 aromatic heterocycles. The summed E-state index contributed by atoms with van der Waals surface area (Å²) >= 11 is 12.5. The fourth-order valence-electron chi connectivity index (χ4n) is 3.29. The van der Waals surface area contributed by atoms with Crippen molar-refractivity contribution in [1.29, 1.82) is 0 Å². The van der Waals surface area contributed by atoms with Crippen LogP contribution in [-0.2, 0) is 14.3 Å². The lowest BCUT2D eigenvalue weighted by Crippen LogP contribution is -2.24. The first-order chi connectivity index (χ1) is 13.8. The van der Waals surface area contributed by atoms with Crippen molar-refractivity contribution in [2.45, 2.75) is 26.7 Å². The summed E-state index contributed by atoms with van der Waals surface area (Å²) in [6.45, 7) is 5.92. The number of carbonyl (C=O) groups excluding carboxylic acids is 2. The molecule has 0 bridgehead atoms. The van der Waals surface area contributed by atoms with Crippen LogP contribution in [0.5, 0.6) is 0 Å². The molecule has 0 radical (unpaired) electrons. The maximum atomic E-state index is 13.3. The second-order valence-electron chi connectivity index (χ2n) is 7.03. The van der Waals surface area contributed by atoms with Crippen LogP contribution in [0.3, 0.4) is 0 Å². The molecule has 2 aromatic carbocycles. The van der Waals surface area contributed by atoms with Gasteiger partial charge in [-0.05, 0) is 48.7 Å². The molecule has 0 fully saturated rings. The van der Waals surface area contributed by atoms with Gasteiger partial charge in [0.15, 0.2) is 0 Å². The molecule has 0 N–H and O–H groups in total. The highest BCUT2D eigenvalue weighted by Gasteiger charge is 2.38. The Hall–Kier alpha value is -2.56. The van der Waals surface area contributed by atoms with Gasteiger partial charge in [-0.2, -0.15) is 0 Å². The third-order valence-electron chi connectivity index (χ3n) is 4.90. The van der Waals surface area contributed by atoms with E-state index in [9.17, 15) is 9.59 Å². The summed E-state index contributed by atoms with van der Waals surface area (Å²) in [5, 5.41) is 0.777. The van der Waals surface area contributed by atoms with Gasteiger partial charge in [0.25, 0.3) is 5.91 Å². The molecule has 1 heterocycles. The molecule has 1 aliphatic heterocycles. The Morgan fingerprint density at radius 1 is 1.07 bits per heavy atom. The second-order valence-corrected chi connectivity index (χ2v) is 7.85. The second kappa shape index (κ2) is 8.44. The summed E-state index contributed by atoms with van der Waals surface area (Å²) in [6.07, 6.45) is 1.55. The predicted molar refractivity (Wildman–Crippen MR) is 117 cm³/mol. The predicted octanol–water partition coefficient (Wildman–Crippen LogP) is 5.99. The number of amides is 1. The molecule has 0 atom stereocenters. The third-order valence-corrected chi connectivity index (χ3v) is 5.56. The average molecular weight is 430 g/mol. The minimum atomic E-state index is -0.591. The molecule has 150 valence electrons. The van der Waals surface area contributed by atoms with Crippen molar-refractivity contribution in [3.63, 3.8) is 0 Å². The van der Waals surface area contributed by atoms with Crippen molar-refractivity contribution in [2.24, 2.45) is 0 Å². The summed E-state index contributed by atoms with van der Waals surface area (Å²) in [6, 6.07) is 12.8. The van der Waals surface area contributed by atoms with Gasteiger partial charge in [0.05, 0.1) is 18.3 Å². The van der Waals surface area contributed by atoms with Crippen LogP contribution in [0.2, 0.25) is 10.0 Å². The Kier molecular flexibility index (Phi) is 6.15. The van der Waals surface area contributed by atoms with E-state index in [4.69, 9.17) is 27.9 Å². The summed E-state index contributed by atoms with van der Waals surface area (Å²) in [4.78, 5) is 27.3. The zero-order valence-corrected chi connectivity index (χ0v) is 18.1. The van der Waals surface area contributed by atoms with Crippen molar-refractivity contribution in [2.75, 3.05) is 12.0 Å². The Labute approximate surface area is 180 Å². The van der Waals surface area contributed by atoms with Crippen LogP contribution in [0, 0.1) is 0 Å². The molecule has 1 amide bonds. The highest BCUT2D eigenvalue weighted by Crippen LogP contribution is 2.37. The Morgan fingerprint density at radius 3 is 2.17 bits per heavy atom. The molecule has 1 aliphatic rings. The number of benzene rings is 2. The number of carbonyl (C=O) groups is 2. The first-order valence-corrected chi connectivity index (χ1v) is 9.91. The number of anilines is 1. The summed E-state index contributed by atoms with van der Waals surface area (Å²) < 4.78 is 4.93. The van der Waals surface area contributed by atoms with E-state index in [2.05, 4.69) is 13.8 Å². The molecule has 29 heavy (non-hydrogen) atoms. The van der Waals surface area contributed by atoms with E-state index in [0.717, 1.165) is 5.56 Å². The minimum Gasteiger partial charge on any atom is -0.465 e. The van der Waals surface area contributed by atoms with Gasteiger partial charge in [-0.25, -0.2) is 4.79 Å². The van der Waals surface area contributed by atoms with E-state index in [0.29, 0.717) is 32.9 Å². The maximum absolute atomic E-state index is 13.3. The van der Waals surface area contributed by atoms with Gasteiger partial charge in [-0.3, -0.25) is 9.69 Å². The maximum Gasteiger partial charge on any atom is 0.340 e. The molecule has 0 saturated heterocycles. The first-order valence-electron chi connectivity index (χ1n) is 9.16. The first kappa shape index (κ1) is 21.2. The number of rotatable bonds is 4. The van der Waals surface area contributed by atoms with Gasteiger partial charge in [0.2, 0.25) is 0 Å². The summed E-state index contributed by atoms with van der Waals surface area (Å²) in [5.74, 6) is -0.554. The lowest BCUT2D eigenvalue weighted by Gasteiger charge is -2.19. The third kappa shape index (κ3) is 3.96. The molecule has 2 aromatic rings. The standard InChI is InChI=1S/C23H21Cl2NO3/c1-13(2)15-8-10-16(11-9-15)26-14(3)21(23(28)29-4)18(22(26)27)12-17-19(24)6-5-7-20(17)25/h5-13H,1-4H3/b18-12-. The summed E-state index contributed by atoms with van der Waals surface area (Å²) in [5.41, 5.74) is 3.19. The van der Waals surface area contributed by atoms with E-state index >= 15 is 0 Å². The molecule has 0 aliphatic carbocycles. The molecule has 3 rings (SSSR count). The number of halogens is 2. The number of ether oxygens (including phenoxy) is 1. The molecule has 4 nitrogen and oxygen atoms in total. The van der Waals surface area contributed by atoms with E-state index < -0.39 is 5.97 Å². The number of hydrogen-bond donors (Lipinski definition) is 0. The van der Waals surface area contributed by atoms with Crippen molar-refractivity contribution in [3.05, 3.63) is 80.5 Å². The van der Waals surface area contributed by atoms with Crippen molar-refractivity contribution < 1.29 is 14.3 Å². The van der Waals surface area contributed by atoms with E-state index in [1.807, 2.05) is 24.3 Å². The smallest absolute Gasteiger partial charge is 0.340 e. The van der Waals surface area contributed by atoms with Gasteiger partial charge in [-0.1, -0.05) is 55.2 Å². The van der Waals surface area contributed by atoms with E-state index in [-0.39, 0.29) is 17.1 Å². The molecular weight excluding hydrogens is 409 g/mol. The lowest BCUT2D eigenvalue weighted by atomic mass is 10.0. The highest BCUT2D eigenvalue weighted by molar-refractivity contribution is 6.37. The number of methoxy groups -OCH3 is 1. The van der Waals surface area contributed by atoms with Crippen LogP contribution >= 0.6 is 23.2 Å². The van der Waals surface area contributed by atoms with Crippen LogP contribution in [0.1, 0.15) is 37.8 Å². The van der Waals surface area contributed by atoms with E-state index in [1.165, 1.54) is 12.0 Å². The molecular formula is C23H21Cl2NO3. The van der Waals surface area contributed by atoms with Gasteiger partial charge in [-0.15, -0.1) is 0 Å². The fourth-order valence-corrected chi connectivity index (χ4v) is 3.80. The molecule has 0 saturated carbocycles. The minimum absolute atomic E-state index is 0.192. The topological polar surface area (TPSA) is 46.6 Å². The van der Waals surface area contributed by atoms with Crippen molar-refractivity contribution in [3.8, 4) is 0 Å². The Bertz CT molecular complexity index is 1020. The largest absolute Gasteiger partial charge is 0.465 e. The van der Waals surface area contributed by atoms with Gasteiger partial charge in [0.1, 0.15) is 0 Å². The fraction of sp³-hybridized carbons (Fsp3) is 0.217. The number of hydrogen-bond acceptors (Lipinski definition) is 3. The number of esters is 1. The molecule has 0 unspecified atom stereocenters. The van der Waals surface area contributed by atoms with Crippen molar-refractivity contribution >= 4 is 46.8 Å². The quantitative estimate of drug-likeness (QED) is 0.442. The van der Waals surface area contributed by atoms with Crippen LogP contribution in [-0.4, -0.2) is 19.0 Å². The number of nitrogens with zero attached hydrogens (tertiary/aromatic N) is 1. The Morgan fingerprint density at radius 2 is 1.66 bits per heavy atom. The zero-order valence-electron chi connectivity index (χ0n) is 16.6. The number of allylic oxidation sites excluding steroid dienone is 1. The summed E-state index contributed by atoms with van der Waals surface area (Å²) in [7, 11) is 1.28. The van der Waals surface area contributed by atoms with Gasteiger partial charge in [0, 0.05) is 27.0 Å². The average Bonchev–Trinajstić information content (AvgIpc) is 2.94. The zero-order chi connectivity index (χ0) is 21.3. The van der Waals surface area contributed by atoms with Crippen molar-refractivity contribution in [1.82, 2.24) is 0 Å². The molecule has 0 spiro atoms. The normalized spacial score (nSPS) is 15.6.